The predicted octanol–water partition coefficient (Wildman–Crippen LogP) is 3.79. The van der Waals surface area contributed by atoms with Crippen LogP contribution in [0.1, 0.15) is 58.4 Å². The average molecular weight is 291 g/mol. The molecule has 0 radical (unpaired) electrons. The first-order valence-electron chi connectivity index (χ1n) is 8.81. The van der Waals surface area contributed by atoms with Crippen molar-refractivity contribution in [1.29, 1.82) is 0 Å². The summed E-state index contributed by atoms with van der Waals surface area (Å²) < 4.78 is 1.92. The van der Waals surface area contributed by atoms with Crippen LogP contribution in [0.5, 0.6) is 0 Å². The maximum Gasteiger partial charge on any atom is 0.0522 e. The molecular weight excluding hydrogens is 258 g/mol. The number of hydrogen-bond donors (Lipinski definition) is 1. The van der Waals surface area contributed by atoms with Gasteiger partial charge in [0.1, 0.15) is 0 Å². The Bertz CT molecular complexity index is 402. The molecule has 0 spiro atoms. The molecule has 0 aromatic carbocycles. The largest absolute Gasteiger partial charge is 0.313 e. The van der Waals surface area contributed by atoms with Gasteiger partial charge in [0.15, 0.2) is 0 Å². The lowest BCUT2D eigenvalue weighted by Crippen LogP contribution is -2.40. The van der Waals surface area contributed by atoms with Crippen molar-refractivity contribution in [2.45, 2.75) is 65.3 Å². The maximum absolute atomic E-state index is 4.32. The molecule has 0 aliphatic heterocycles. The fourth-order valence-electron chi connectivity index (χ4n) is 3.78. The summed E-state index contributed by atoms with van der Waals surface area (Å²) in [5.74, 6) is 2.64. The van der Waals surface area contributed by atoms with Crippen LogP contribution in [0.4, 0.5) is 0 Å². The van der Waals surface area contributed by atoms with Gasteiger partial charge in [0, 0.05) is 19.3 Å². The Labute approximate surface area is 130 Å². The van der Waals surface area contributed by atoms with E-state index in [0.717, 1.165) is 30.7 Å². The molecule has 1 saturated carbocycles. The van der Waals surface area contributed by atoms with Crippen LogP contribution < -0.4 is 5.32 Å². The molecule has 2 rings (SSSR count). The molecule has 1 unspecified atom stereocenters. The van der Waals surface area contributed by atoms with Crippen molar-refractivity contribution >= 4 is 0 Å². The average Bonchev–Trinajstić information content (AvgIpc) is 2.89. The molecule has 3 nitrogen and oxygen atoms in total. The number of nitrogens with one attached hydrogen (secondary N) is 1. The third-order valence-electron chi connectivity index (χ3n) is 5.20. The molecule has 0 amide bonds. The van der Waals surface area contributed by atoms with Crippen LogP contribution in [0.3, 0.4) is 0 Å². The van der Waals surface area contributed by atoms with Gasteiger partial charge in [-0.1, -0.05) is 20.8 Å². The highest BCUT2D eigenvalue weighted by molar-refractivity contribution is 5.07. The van der Waals surface area contributed by atoms with Crippen molar-refractivity contribution in [3.63, 3.8) is 0 Å². The highest BCUT2D eigenvalue weighted by Crippen LogP contribution is 2.35. The Morgan fingerprint density at radius 1 is 1.24 bits per heavy atom. The first-order chi connectivity index (χ1) is 10.1. The molecule has 21 heavy (non-hydrogen) atoms. The van der Waals surface area contributed by atoms with Gasteiger partial charge in [0.25, 0.3) is 0 Å². The van der Waals surface area contributed by atoms with Crippen LogP contribution in [0.25, 0.3) is 0 Å². The zero-order valence-corrected chi connectivity index (χ0v) is 14.3. The third kappa shape index (κ3) is 4.84. The second-order valence-corrected chi connectivity index (χ2v) is 7.21. The van der Waals surface area contributed by atoms with E-state index >= 15 is 0 Å². The SMILES string of the molecule is CCCNC(Cc1cnn(C)c1)C1CCC(C(C)C)CC1. The number of aromatic nitrogens is 2. The summed E-state index contributed by atoms with van der Waals surface area (Å²) in [6, 6.07) is 0.627. The van der Waals surface area contributed by atoms with Gasteiger partial charge in [0.2, 0.25) is 0 Å². The summed E-state index contributed by atoms with van der Waals surface area (Å²) in [6.45, 7) is 8.15. The summed E-state index contributed by atoms with van der Waals surface area (Å²) in [4.78, 5) is 0. The van der Waals surface area contributed by atoms with Crippen LogP contribution in [0.2, 0.25) is 0 Å². The Morgan fingerprint density at radius 2 is 1.90 bits per heavy atom. The number of hydrogen-bond acceptors (Lipinski definition) is 2. The van der Waals surface area contributed by atoms with E-state index in [0.29, 0.717) is 6.04 Å². The van der Waals surface area contributed by atoms with Gasteiger partial charge in [-0.2, -0.15) is 5.10 Å². The van der Waals surface area contributed by atoms with Gasteiger partial charge < -0.3 is 5.32 Å². The minimum atomic E-state index is 0.627. The van der Waals surface area contributed by atoms with E-state index in [-0.39, 0.29) is 0 Å². The smallest absolute Gasteiger partial charge is 0.0522 e. The lowest BCUT2D eigenvalue weighted by atomic mass is 9.73. The van der Waals surface area contributed by atoms with Gasteiger partial charge >= 0.3 is 0 Å². The summed E-state index contributed by atoms with van der Waals surface area (Å²) in [5, 5.41) is 8.12. The van der Waals surface area contributed by atoms with Gasteiger partial charge in [-0.15, -0.1) is 0 Å². The molecule has 3 heteroatoms. The minimum absolute atomic E-state index is 0.627. The molecule has 120 valence electrons. The van der Waals surface area contributed by atoms with E-state index in [1.165, 1.54) is 37.7 Å². The highest BCUT2D eigenvalue weighted by Gasteiger charge is 2.28. The normalized spacial score (nSPS) is 24.4. The van der Waals surface area contributed by atoms with Crippen LogP contribution in [-0.4, -0.2) is 22.4 Å². The Morgan fingerprint density at radius 3 is 2.43 bits per heavy atom. The zero-order valence-electron chi connectivity index (χ0n) is 14.3. The third-order valence-corrected chi connectivity index (χ3v) is 5.20. The quantitative estimate of drug-likeness (QED) is 0.828. The second-order valence-electron chi connectivity index (χ2n) is 7.21. The zero-order chi connectivity index (χ0) is 15.2. The van der Waals surface area contributed by atoms with Crippen molar-refractivity contribution in [2.24, 2.45) is 24.8 Å². The molecule has 1 atom stereocenters. The standard InChI is InChI=1S/C18H33N3/c1-5-10-19-18(11-15-12-20-21(4)13-15)17-8-6-16(7-9-17)14(2)3/h12-14,16-19H,5-11H2,1-4H3. The Hall–Kier alpha value is -0.830. The van der Waals surface area contributed by atoms with Crippen LogP contribution in [0.15, 0.2) is 12.4 Å². The molecule has 1 fully saturated rings. The second kappa shape index (κ2) is 7.98. The first-order valence-corrected chi connectivity index (χ1v) is 8.81. The molecule has 1 N–H and O–H groups in total. The molecule has 1 heterocycles. The van der Waals surface area contributed by atoms with Crippen LogP contribution in [-0.2, 0) is 13.5 Å². The van der Waals surface area contributed by atoms with Gasteiger partial charge in [-0.25, -0.2) is 0 Å². The van der Waals surface area contributed by atoms with Crippen molar-refractivity contribution in [2.75, 3.05) is 6.54 Å². The van der Waals surface area contributed by atoms with Crippen molar-refractivity contribution in [3.05, 3.63) is 18.0 Å². The van der Waals surface area contributed by atoms with E-state index in [4.69, 9.17) is 0 Å². The maximum atomic E-state index is 4.32. The topological polar surface area (TPSA) is 29.9 Å². The molecule has 1 aromatic rings. The minimum Gasteiger partial charge on any atom is -0.313 e. The molecule has 0 bridgehead atoms. The van der Waals surface area contributed by atoms with E-state index < -0.39 is 0 Å². The number of nitrogens with zero attached hydrogens (tertiary/aromatic N) is 2. The van der Waals surface area contributed by atoms with Crippen molar-refractivity contribution < 1.29 is 0 Å². The van der Waals surface area contributed by atoms with Crippen LogP contribution >= 0.6 is 0 Å². The highest BCUT2D eigenvalue weighted by atomic mass is 15.2. The van der Waals surface area contributed by atoms with E-state index in [2.05, 4.69) is 37.4 Å². The molecule has 0 saturated heterocycles. The molecular formula is C18H33N3. The van der Waals surface area contributed by atoms with E-state index in [1.807, 2.05) is 17.9 Å². The summed E-state index contributed by atoms with van der Waals surface area (Å²) >= 11 is 0. The summed E-state index contributed by atoms with van der Waals surface area (Å²) in [6.07, 6.45) is 12.2. The first kappa shape index (κ1) is 16.5. The fourth-order valence-corrected chi connectivity index (χ4v) is 3.78. The van der Waals surface area contributed by atoms with Crippen LogP contribution in [0, 0.1) is 17.8 Å². The molecule has 1 aromatic heterocycles. The van der Waals surface area contributed by atoms with E-state index in [9.17, 15) is 0 Å². The van der Waals surface area contributed by atoms with Crippen molar-refractivity contribution in [1.82, 2.24) is 15.1 Å². The van der Waals surface area contributed by atoms with Gasteiger partial charge in [0.05, 0.1) is 6.20 Å². The number of rotatable bonds is 7. The monoisotopic (exact) mass is 291 g/mol. The summed E-state index contributed by atoms with van der Waals surface area (Å²) in [5.41, 5.74) is 1.37. The van der Waals surface area contributed by atoms with E-state index in [1.54, 1.807) is 0 Å². The lowest BCUT2D eigenvalue weighted by Gasteiger charge is -2.36. The number of aryl methyl sites for hydroxylation is 1. The predicted molar refractivity (Wildman–Crippen MR) is 89.3 cm³/mol. The summed E-state index contributed by atoms with van der Waals surface area (Å²) in [7, 11) is 2.01. The Balaban J connectivity index is 1.93. The van der Waals surface area contributed by atoms with Gasteiger partial charge in [-0.3, -0.25) is 4.68 Å². The van der Waals surface area contributed by atoms with Gasteiger partial charge in [-0.05, 0) is 68.4 Å². The molecule has 1 aliphatic rings. The lowest BCUT2D eigenvalue weighted by molar-refractivity contribution is 0.187. The van der Waals surface area contributed by atoms with Crippen molar-refractivity contribution in [3.8, 4) is 0 Å². The Kier molecular flexibility index (Phi) is 6.28. The fraction of sp³-hybridized carbons (Fsp3) is 0.833. The molecule has 1 aliphatic carbocycles.